The molecular weight excluding hydrogens is 502 g/mol. The van der Waals surface area contributed by atoms with Gasteiger partial charge in [-0.3, -0.25) is 14.3 Å². The summed E-state index contributed by atoms with van der Waals surface area (Å²) in [4.78, 5) is 24.3. The average Bonchev–Trinajstić information content (AvgIpc) is 3.51. The Bertz CT molecular complexity index is 1400. The average molecular weight is 534 g/mol. The van der Waals surface area contributed by atoms with Gasteiger partial charge in [-0.1, -0.05) is 18.6 Å². The summed E-state index contributed by atoms with van der Waals surface area (Å²) in [5.74, 6) is -0.729. The van der Waals surface area contributed by atoms with Crippen LogP contribution in [0, 0.1) is 5.92 Å². The first kappa shape index (κ1) is 25.3. The Morgan fingerprint density at radius 2 is 1.95 bits per heavy atom. The third kappa shape index (κ3) is 4.92. The predicted molar refractivity (Wildman–Crippen MR) is 142 cm³/mol. The standard InChI is InChI=1S/C27H31N7O5/c1-37-24-18(17-14-29-34(15-17)21-7-2-3-10-27(21)38-11-12-39-27)5-4-6-19(24)30-20-13-22(31-26(36)16-8-9-16)32-33-23(20)25(28)35/h4-6,13-16,21H,2-3,7-12H2,1H3,(H2,28,35)(H2,30,31,32,36). The van der Waals surface area contributed by atoms with Gasteiger partial charge < -0.3 is 30.6 Å². The molecule has 4 N–H and O–H groups in total. The molecule has 2 amide bonds. The van der Waals surface area contributed by atoms with Crippen LogP contribution in [-0.4, -0.2) is 57.9 Å². The molecule has 6 rings (SSSR count). The fourth-order valence-electron chi connectivity index (χ4n) is 5.42. The lowest BCUT2D eigenvalue weighted by Crippen LogP contribution is -2.43. The maximum Gasteiger partial charge on any atom is 0.271 e. The van der Waals surface area contributed by atoms with Crippen LogP contribution in [0.1, 0.15) is 55.1 Å². The highest BCUT2D eigenvalue weighted by atomic mass is 16.7. The number of primary amides is 1. The quantitative estimate of drug-likeness (QED) is 0.395. The summed E-state index contributed by atoms with van der Waals surface area (Å²) in [5.41, 5.74) is 8.04. The molecule has 0 bridgehead atoms. The van der Waals surface area contributed by atoms with Crippen molar-refractivity contribution in [1.82, 2.24) is 20.0 Å². The van der Waals surface area contributed by atoms with E-state index in [0.717, 1.165) is 49.7 Å². The number of methoxy groups -OCH3 is 1. The lowest BCUT2D eigenvalue weighted by Gasteiger charge is -2.39. The van der Waals surface area contributed by atoms with Gasteiger partial charge in [-0.15, -0.1) is 10.2 Å². The second kappa shape index (κ2) is 10.3. The molecule has 1 saturated heterocycles. The number of benzene rings is 1. The number of aromatic nitrogens is 4. The van der Waals surface area contributed by atoms with Crippen molar-refractivity contribution >= 4 is 29.0 Å². The fourth-order valence-corrected chi connectivity index (χ4v) is 5.42. The highest BCUT2D eigenvalue weighted by Crippen LogP contribution is 2.44. The van der Waals surface area contributed by atoms with E-state index in [0.29, 0.717) is 30.3 Å². The second-order valence-electron chi connectivity index (χ2n) is 10.1. The third-order valence-electron chi connectivity index (χ3n) is 7.48. The number of para-hydroxylation sites is 1. The molecule has 0 radical (unpaired) electrons. The van der Waals surface area contributed by atoms with E-state index >= 15 is 0 Å². The predicted octanol–water partition coefficient (Wildman–Crippen LogP) is 3.40. The summed E-state index contributed by atoms with van der Waals surface area (Å²) in [6, 6.07) is 7.15. The number of nitrogens with one attached hydrogen (secondary N) is 2. The lowest BCUT2D eigenvalue weighted by molar-refractivity contribution is -0.208. The van der Waals surface area contributed by atoms with Crippen LogP contribution in [0.5, 0.6) is 5.75 Å². The van der Waals surface area contributed by atoms with Crippen molar-refractivity contribution < 1.29 is 23.8 Å². The largest absolute Gasteiger partial charge is 0.494 e. The van der Waals surface area contributed by atoms with Gasteiger partial charge in [0.1, 0.15) is 11.8 Å². The molecule has 12 heteroatoms. The number of nitrogens with zero attached hydrogens (tertiary/aromatic N) is 4. The first-order valence-electron chi connectivity index (χ1n) is 13.2. The van der Waals surface area contributed by atoms with Crippen LogP contribution in [0.4, 0.5) is 17.2 Å². The van der Waals surface area contributed by atoms with Gasteiger partial charge in [0.2, 0.25) is 5.91 Å². The Balaban J connectivity index is 1.30. The van der Waals surface area contributed by atoms with Crippen LogP contribution in [-0.2, 0) is 14.3 Å². The second-order valence-corrected chi connectivity index (χ2v) is 10.1. The number of ether oxygens (including phenoxy) is 3. The summed E-state index contributed by atoms with van der Waals surface area (Å²) < 4.78 is 19.9. The molecule has 204 valence electrons. The van der Waals surface area contributed by atoms with Gasteiger partial charge in [0.05, 0.1) is 37.9 Å². The molecule has 1 unspecified atom stereocenters. The summed E-state index contributed by atoms with van der Waals surface area (Å²) in [5, 5.41) is 18.5. The number of rotatable bonds is 8. The van der Waals surface area contributed by atoms with Crippen LogP contribution in [0.3, 0.4) is 0 Å². The van der Waals surface area contributed by atoms with Gasteiger partial charge in [-0.2, -0.15) is 5.10 Å². The van der Waals surface area contributed by atoms with Crippen LogP contribution in [0.25, 0.3) is 11.1 Å². The van der Waals surface area contributed by atoms with Crippen molar-refractivity contribution in [2.24, 2.45) is 11.7 Å². The topological polar surface area (TPSA) is 156 Å². The smallest absolute Gasteiger partial charge is 0.271 e. The molecular formula is C27H31N7O5. The van der Waals surface area contributed by atoms with Gasteiger partial charge in [0.15, 0.2) is 17.3 Å². The van der Waals surface area contributed by atoms with E-state index in [-0.39, 0.29) is 29.4 Å². The van der Waals surface area contributed by atoms with Gasteiger partial charge in [0.25, 0.3) is 5.91 Å². The number of nitrogens with two attached hydrogens (primary N) is 1. The van der Waals surface area contributed by atoms with E-state index in [1.165, 1.54) is 0 Å². The molecule has 1 aromatic carbocycles. The minimum absolute atomic E-state index is 0.00741. The van der Waals surface area contributed by atoms with E-state index in [9.17, 15) is 9.59 Å². The summed E-state index contributed by atoms with van der Waals surface area (Å²) in [6.45, 7) is 1.19. The monoisotopic (exact) mass is 533 g/mol. The van der Waals surface area contributed by atoms with E-state index < -0.39 is 11.7 Å². The minimum atomic E-state index is -0.751. The van der Waals surface area contributed by atoms with E-state index in [2.05, 4.69) is 25.9 Å². The minimum Gasteiger partial charge on any atom is -0.494 e. The first-order valence-corrected chi connectivity index (χ1v) is 13.2. The van der Waals surface area contributed by atoms with Crippen LogP contribution >= 0.6 is 0 Å². The van der Waals surface area contributed by atoms with Crippen molar-refractivity contribution in [2.45, 2.75) is 50.4 Å². The summed E-state index contributed by atoms with van der Waals surface area (Å²) in [6.07, 6.45) is 9.41. The molecule has 2 saturated carbocycles. The SMILES string of the molecule is COc1c(Nc2cc(NC(=O)C3CC3)nnc2C(N)=O)cccc1-c1cnn(C2CCCCC23OCCO3)c1. The molecule has 2 aliphatic carbocycles. The number of hydrogen-bond acceptors (Lipinski definition) is 9. The van der Waals surface area contributed by atoms with Crippen molar-refractivity contribution in [2.75, 3.05) is 31.0 Å². The molecule has 1 aliphatic heterocycles. The molecule has 3 fully saturated rings. The molecule has 39 heavy (non-hydrogen) atoms. The number of hydrogen-bond donors (Lipinski definition) is 3. The maximum atomic E-state index is 12.2. The number of amides is 2. The van der Waals surface area contributed by atoms with Crippen LogP contribution in [0.15, 0.2) is 36.7 Å². The Kier molecular flexibility index (Phi) is 6.65. The van der Waals surface area contributed by atoms with Crippen molar-refractivity contribution in [3.63, 3.8) is 0 Å². The maximum absolute atomic E-state index is 12.2. The molecule has 3 aliphatic rings. The number of anilines is 3. The highest BCUT2D eigenvalue weighted by Gasteiger charge is 2.47. The fraction of sp³-hybridized carbons (Fsp3) is 0.444. The highest BCUT2D eigenvalue weighted by molar-refractivity contribution is 5.99. The molecule has 3 aromatic rings. The Morgan fingerprint density at radius 3 is 2.69 bits per heavy atom. The van der Waals surface area contributed by atoms with Crippen molar-refractivity contribution in [3.8, 4) is 16.9 Å². The molecule has 12 nitrogen and oxygen atoms in total. The van der Waals surface area contributed by atoms with Gasteiger partial charge in [-0.05, 0) is 31.7 Å². The number of carbonyl (C=O) groups is 2. The van der Waals surface area contributed by atoms with Gasteiger partial charge in [-0.25, -0.2) is 0 Å². The zero-order valence-corrected chi connectivity index (χ0v) is 21.7. The van der Waals surface area contributed by atoms with Gasteiger partial charge >= 0.3 is 0 Å². The Morgan fingerprint density at radius 1 is 1.13 bits per heavy atom. The lowest BCUT2D eigenvalue weighted by atomic mass is 9.89. The molecule has 1 atom stereocenters. The van der Waals surface area contributed by atoms with Crippen LogP contribution in [0.2, 0.25) is 0 Å². The normalized spacial score (nSPS) is 20.1. The van der Waals surface area contributed by atoms with Gasteiger partial charge in [0, 0.05) is 35.7 Å². The summed E-state index contributed by atoms with van der Waals surface area (Å²) in [7, 11) is 1.58. The molecule has 2 aromatic heterocycles. The Hall–Kier alpha value is -4.03. The molecule has 1 spiro atoms. The van der Waals surface area contributed by atoms with E-state index in [4.69, 9.17) is 19.9 Å². The molecule has 3 heterocycles. The summed E-state index contributed by atoms with van der Waals surface area (Å²) >= 11 is 0. The first-order chi connectivity index (χ1) is 19.0. The van der Waals surface area contributed by atoms with E-state index in [1.807, 2.05) is 29.1 Å². The Labute approximate surface area is 225 Å². The van der Waals surface area contributed by atoms with E-state index in [1.54, 1.807) is 19.4 Å². The third-order valence-corrected chi connectivity index (χ3v) is 7.48. The zero-order chi connectivity index (χ0) is 27.0. The van der Waals surface area contributed by atoms with Crippen molar-refractivity contribution in [1.29, 1.82) is 0 Å². The van der Waals surface area contributed by atoms with Crippen molar-refractivity contribution in [3.05, 3.63) is 42.4 Å². The van der Waals surface area contributed by atoms with Crippen LogP contribution < -0.4 is 21.1 Å². The number of carbonyl (C=O) groups excluding carboxylic acids is 2. The zero-order valence-electron chi connectivity index (χ0n) is 21.7.